The van der Waals surface area contributed by atoms with E-state index in [1.165, 1.54) is 17.4 Å². The van der Waals surface area contributed by atoms with Crippen LogP contribution >= 0.6 is 11.3 Å². The molecule has 5 heteroatoms. The van der Waals surface area contributed by atoms with Crippen LogP contribution < -0.4 is 5.73 Å². The third-order valence-corrected chi connectivity index (χ3v) is 3.72. The average Bonchev–Trinajstić information content (AvgIpc) is 2.74. The number of hydrogen-bond donors (Lipinski definition) is 1. The highest BCUT2D eigenvalue weighted by Crippen LogP contribution is 2.32. The Morgan fingerprint density at radius 3 is 2.44 bits per heavy atom. The highest BCUT2D eigenvalue weighted by atomic mass is 32.1. The molecule has 18 heavy (non-hydrogen) atoms. The Bertz CT molecular complexity index is 545. The van der Waals surface area contributed by atoms with E-state index in [1.54, 1.807) is 6.07 Å². The molecule has 0 radical (unpaired) electrons. The van der Waals surface area contributed by atoms with Crippen molar-refractivity contribution in [2.24, 2.45) is 5.73 Å². The summed E-state index contributed by atoms with van der Waals surface area (Å²) in [6, 6.07) is 8.42. The lowest BCUT2D eigenvalue weighted by atomic mass is 10.0. The van der Waals surface area contributed by atoms with Gasteiger partial charge in [0.25, 0.3) is 0 Å². The summed E-state index contributed by atoms with van der Waals surface area (Å²) in [5.41, 5.74) is 5.80. The van der Waals surface area contributed by atoms with Crippen molar-refractivity contribution in [2.45, 2.75) is 19.1 Å². The Hall–Kier alpha value is -1.33. The van der Waals surface area contributed by atoms with Gasteiger partial charge in [-0.05, 0) is 36.8 Å². The third kappa shape index (κ3) is 2.73. The maximum absolute atomic E-state index is 12.6. The first-order valence-corrected chi connectivity index (χ1v) is 6.18. The molecule has 0 saturated heterocycles. The molecule has 0 aliphatic heterocycles. The molecular formula is C13H12F3NS. The average molecular weight is 271 g/mol. The number of thiophene rings is 1. The summed E-state index contributed by atoms with van der Waals surface area (Å²) in [6.07, 6.45) is -4.33. The zero-order chi connectivity index (χ0) is 13.3. The van der Waals surface area contributed by atoms with Gasteiger partial charge in [-0.15, -0.1) is 11.3 Å². The molecular weight excluding hydrogens is 259 g/mol. The Labute approximate surface area is 107 Å². The van der Waals surface area contributed by atoms with Crippen molar-refractivity contribution in [3.63, 3.8) is 0 Å². The zero-order valence-electron chi connectivity index (χ0n) is 9.66. The lowest BCUT2D eigenvalue weighted by Crippen LogP contribution is -2.12. The summed E-state index contributed by atoms with van der Waals surface area (Å²) in [5.74, 6) is 0. The van der Waals surface area contributed by atoms with E-state index in [2.05, 4.69) is 0 Å². The van der Waals surface area contributed by atoms with Crippen molar-refractivity contribution in [2.75, 3.05) is 0 Å². The summed E-state index contributed by atoms with van der Waals surface area (Å²) >= 11 is 1.50. The minimum Gasteiger partial charge on any atom is -0.320 e. The molecule has 2 aromatic rings. The molecule has 0 spiro atoms. The second-order valence-electron chi connectivity index (χ2n) is 4.05. The van der Waals surface area contributed by atoms with Crippen molar-refractivity contribution in [3.05, 3.63) is 57.3 Å². The fourth-order valence-corrected chi connectivity index (χ4v) is 2.60. The SMILES string of the molecule is Cc1ccc(C(N)c2cccc(C(F)(F)F)c2)s1. The van der Waals surface area contributed by atoms with E-state index in [1.807, 2.05) is 19.1 Å². The number of halogens is 3. The Kier molecular flexibility index (Phi) is 3.45. The van der Waals surface area contributed by atoms with Gasteiger partial charge in [-0.25, -0.2) is 0 Å². The fourth-order valence-electron chi connectivity index (χ4n) is 1.69. The van der Waals surface area contributed by atoms with E-state index in [0.717, 1.165) is 21.9 Å². The van der Waals surface area contributed by atoms with Gasteiger partial charge in [0.2, 0.25) is 0 Å². The van der Waals surface area contributed by atoms with Gasteiger partial charge in [0.1, 0.15) is 0 Å². The smallest absolute Gasteiger partial charge is 0.320 e. The molecule has 2 N–H and O–H groups in total. The maximum Gasteiger partial charge on any atom is 0.416 e. The highest BCUT2D eigenvalue weighted by molar-refractivity contribution is 7.12. The zero-order valence-corrected chi connectivity index (χ0v) is 10.5. The summed E-state index contributed by atoms with van der Waals surface area (Å²) in [4.78, 5) is 1.96. The molecule has 1 aromatic carbocycles. The van der Waals surface area contributed by atoms with Crippen LogP contribution in [0.15, 0.2) is 36.4 Å². The monoisotopic (exact) mass is 271 g/mol. The van der Waals surface area contributed by atoms with E-state index in [0.29, 0.717) is 5.56 Å². The largest absolute Gasteiger partial charge is 0.416 e. The van der Waals surface area contributed by atoms with Gasteiger partial charge in [0.05, 0.1) is 11.6 Å². The normalized spacial score (nSPS) is 13.6. The second kappa shape index (κ2) is 4.74. The van der Waals surface area contributed by atoms with Gasteiger partial charge in [-0.3, -0.25) is 0 Å². The van der Waals surface area contributed by atoms with Gasteiger partial charge in [0, 0.05) is 9.75 Å². The standard InChI is InChI=1S/C13H12F3NS/c1-8-5-6-11(18-8)12(17)9-3-2-4-10(7-9)13(14,15)16/h2-7,12H,17H2,1H3. The van der Waals surface area contributed by atoms with Crippen LogP contribution in [0.2, 0.25) is 0 Å². The molecule has 1 atom stereocenters. The van der Waals surface area contributed by atoms with Gasteiger partial charge in [-0.1, -0.05) is 12.1 Å². The first-order chi connectivity index (χ1) is 8.38. The maximum atomic E-state index is 12.6. The van der Waals surface area contributed by atoms with Crippen molar-refractivity contribution in [1.82, 2.24) is 0 Å². The molecule has 1 aromatic heterocycles. The van der Waals surface area contributed by atoms with Crippen molar-refractivity contribution < 1.29 is 13.2 Å². The van der Waals surface area contributed by atoms with Crippen LogP contribution in [0.4, 0.5) is 13.2 Å². The first kappa shape index (κ1) is 13.1. The summed E-state index contributed by atoms with van der Waals surface area (Å²) in [6.45, 7) is 1.94. The van der Waals surface area contributed by atoms with Crippen LogP contribution in [0.25, 0.3) is 0 Å². The minimum absolute atomic E-state index is 0.478. The summed E-state index contributed by atoms with van der Waals surface area (Å²) in [7, 11) is 0. The molecule has 1 heterocycles. The van der Waals surface area contributed by atoms with E-state index >= 15 is 0 Å². The van der Waals surface area contributed by atoms with Crippen LogP contribution in [-0.2, 0) is 6.18 Å². The van der Waals surface area contributed by atoms with Crippen molar-refractivity contribution in [3.8, 4) is 0 Å². The number of aryl methyl sites for hydroxylation is 1. The Morgan fingerprint density at radius 1 is 1.17 bits per heavy atom. The van der Waals surface area contributed by atoms with Gasteiger partial charge < -0.3 is 5.73 Å². The third-order valence-electron chi connectivity index (χ3n) is 2.64. The molecule has 0 aliphatic rings. The Balaban J connectivity index is 2.34. The van der Waals surface area contributed by atoms with Crippen molar-refractivity contribution >= 4 is 11.3 Å². The van der Waals surface area contributed by atoms with E-state index in [4.69, 9.17) is 5.73 Å². The molecule has 0 fully saturated rings. The van der Waals surface area contributed by atoms with Crippen LogP contribution in [-0.4, -0.2) is 0 Å². The predicted molar refractivity (Wildman–Crippen MR) is 66.5 cm³/mol. The lowest BCUT2D eigenvalue weighted by Gasteiger charge is -2.13. The molecule has 0 saturated carbocycles. The minimum atomic E-state index is -4.33. The molecule has 1 unspecified atom stereocenters. The molecule has 96 valence electrons. The Morgan fingerprint density at radius 2 is 1.89 bits per heavy atom. The quantitative estimate of drug-likeness (QED) is 0.873. The summed E-state index contributed by atoms with van der Waals surface area (Å²) < 4.78 is 37.8. The van der Waals surface area contributed by atoms with E-state index < -0.39 is 17.8 Å². The number of alkyl halides is 3. The van der Waals surface area contributed by atoms with Crippen LogP contribution in [0.5, 0.6) is 0 Å². The van der Waals surface area contributed by atoms with Crippen LogP contribution in [0.1, 0.15) is 26.9 Å². The van der Waals surface area contributed by atoms with Gasteiger partial charge in [0.15, 0.2) is 0 Å². The molecule has 2 rings (SSSR count). The van der Waals surface area contributed by atoms with E-state index in [9.17, 15) is 13.2 Å². The lowest BCUT2D eigenvalue weighted by molar-refractivity contribution is -0.137. The van der Waals surface area contributed by atoms with Gasteiger partial charge >= 0.3 is 6.18 Å². The van der Waals surface area contributed by atoms with Gasteiger partial charge in [-0.2, -0.15) is 13.2 Å². The molecule has 0 aliphatic carbocycles. The molecule has 0 amide bonds. The fraction of sp³-hybridized carbons (Fsp3) is 0.231. The number of hydrogen-bond acceptors (Lipinski definition) is 2. The predicted octanol–water partition coefficient (Wildman–Crippen LogP) is 4.12. The topological polar surface area (TPSA) is 26.0 Å². The van der Waals surface area contributed by atoms with Crippen LogP contribution in [0, 0.1) is 6.92 Å². The van der Waals surface area contributed by atoms with Crippen molar-refractivity contribution in [1.29, 1.82) is 0 Å². The highest BCUT2D eigenvalue weighted by Gasteiger charge is 2.30. The van der Waals surface area contributed by atoms with Crippen LogP contribution in [0.3, 0.4) is 0 Å². The number of nitrogens with two attached hydrogens (primary N) is 1. The number of rotatable bonds is 2. The molecule has 1 nitrogen and oxygen atoms in total. The first-order valence-electron chi connectivity index (χ1n) is 5.37. The van der Waals surface area contributed by atoms with E-state index in [-0.39, 0.29) is 0 Å². The number of benzene rings is 1. The summed E-state index contributed by atoms with van der Waals surface area (Å²) in [5, 5.41) is 0. The molecule has 0 bridgehead atoms. The second-order valence-corrected chi connectivity index (χ2v) is 5.37.